The van der Waals surface area contributed by atoms with Crippen LogP contribution in [0.3, 0.4) is 0 Å². The van der Waals surface area contributed by atoms with Gasteiger partial charge in [0.05, 0.1) is 6.10 Å². The summed E-state index contributed by atoms with van der Waals surface area (Å²) < 4.78 is 5.87. The van der Waals surface area contributed by atoms with Gasteiger partial charge in [0.1, 0.15) is 17.3 Å². The van der Waals surface area contributed by atoms with Gasteiger partial charge in [-0.2, -0.15) is 0 Å². The molecule has 23 heavy (non-hydrogen) atoms. The third-order valence-electron chi connectivity index (χ3n) is 3.84. The van der Waals surface area contributed by atoms with Crippen molar-refractivity contribution in [3.63, 3.8) is 0 Å². The quantitative estimate of drug-likeness (QED) is 0.747. The SMILES string of the molecule is CC(=O)SCCC(O)C(O)c1cccc2c1oc1ccccc12. The highest BCUT2D eigenvalue weighted by Gasteiger charge is 2.22. The number of para-hydroxylation sites is 2. The molecule has 0 spiro atoms. The van der Waals surface area contributed by atoms with Crippen LogP contribution in [0.1, 0.15) is 25.0 Å². The van der Waals surface area contributed by atoms with Crippen LogP contribution in [-0.4, -0.2) is 27.2 Å². The molecule has 0 fully saturated rings. The fraction of sp³-hybridized carbons (Fsp3) is 0.278. The summed E-state index contributed by atoms with van der Waals surface area (Å²) in [4.78, 5) is 10.9. The third-order valence-corrected chi connectivity index (χ3v) is 4.68. The Labute approximate surface area is 138 Å². The summed E-state index contributed by atoms with van der Waals surface area (Å²) in [5.74, 6) is 0.476. The first-order valence-corrected chi connectivity index (χ1v) is 8.46. The highest BCUT2D eigenvalue weighted by Crippen LogP contribution is 2.34. The van der Waals surface area contributed by atoms with E-state index in [1.54, 1.807) is 6.07 Å². The maximum Gasteiger partial charge on any atom is 0.185 e. The van der Waals surface area contributed by atoms with E-state index < -0.39 is 12.2 Å². The number of furan rings is 1. The molecule has 2 atom stereocenters. The van der Waals surface area contributed by atoms with Gasteiger partial charge in [-0.05, 0) is 12.5 Å². The Kier molecular flexibility index (Phi) is 4.71. The Hall–Kier alpha value is -1.82. The van der Waals surface area contributed by atoms with Crippen molar-refractivity contribution in [3.05, 3.63) is 48.0 Å². The molecule has 3 rings (SSSR count). The number of hydrogen-bond donors (Lipinski definition) is 2. The number of aliphatic hydroxyl groups is 2. The molecule has 0 aliphatic rings. The number of carbonyl (C=O) groups is 1. The minimum Gasteiger partial charge on any atom is -0.456 e. The molecular weight excluding hydrogens is 312 g/mol. The summed E-state index contributed by atoms with van der Waals surface area (Å²) in [5.41, 5.74) is 1.92. The Bertz CT molecular complexity index is 839. The molecule has 1 heterocycles. The number of hydrogen-bond acceptors (Lipinski definition) is 5. The first-order valence-electron chi connectivity index (χ1n) is 7.47. The Morgan fingerprint density at radius 1 is 1.13 bits per heavy atom. The molecule has 1 aromatic heterocycles. The van der Waals surface area contributed by atoms with Crippen molar-refractivity contribution in [1.29, 1.82) is 0 Å². The van der Waals surface area contributed by atoms with Crippen LogP contribution >= 0.6 is 11.8 Å². The second-order valence-electron chi connectivity index (χ2n) is 5.46. The maximum absolute atomic E-state index is 10.9. The van der Waals surface area contributed by atoms with Crippen LogP contribution in [0.2, 0.25) is 0 Å². The van der Waals surface area contributed by atoms with Crippen molar-refractivity contribution in [3.8, 4) is 0 Å². The molecular formula is C18H18O4S. The molecule has 0 saturated carbocycles. The average Bonchev–Trinajstić information content (AvgIpc) is 2.92. The van der Waals surface area contributed by atoms with Gasteiger partial charge in [0.15, 0.2) is 5.12 Å². The number of aliphatic hydroxyl groups excluding tert-OH is 2. The van der Waals surface area contributed by atoms with Crippen molar-refractivity contribution in [2.75, 3.05) is 5.75 Å². The van der Waals surface area contributed by atoms with Gasteiger partial charge in [0, 0.05) is 29.0 Å². The van der Waals surface area contributed by atoms with Gasteiger partial charge in [-0.3, -0.25) is 4.79 Å². The van der Waals surface area contributed by atoms with Gasteiger partial charge < -0.3 is 14.6 Å². The third kappa shape index (κ3) is 3.27. The van der Waals surface area contributed by atoms with Crippen LogP contribution in [-0.2, 0) is 4.79 Å². The second-order valence-corrected chi connectivity index (χ2v) is 6.73. The predicted octanol–water partition coefficient (Wildman–Crippen LogP) is 3.65. The van der Waals surface area contributed by atoms with E-state index in [-0.39, 0.29) is 5.12 Å². The van der Waals surface area contributed by atoms with E-state index in [0.717, 1.165) is 28.1 Å². The minimum absolute atomic E-state index is 0.00563. The molecule has 2 unspecified atom stereocenters. The zero-order chi connectivity index (χ0) is 16.4. The second kappa shape index (κ2) is 6.74. The van der Waals surface area contributed by atoms with E-state index in [1.165, 1.54) is 6.92 Å². The van der Waals surface area contributed by atoms with Crippen molar-refractivity contribution >= 4 is 38.8 Å². The summed E-state index contributed by atoms with van der Waals surface area (Å²) in [5, 5.41) is 22.6. The van der Waals surface area contributed by atoms with Gasteiger partial charge in [0.25, 0.3) is 0 Å². The normalized spacial score (nSPS) is 14.2. The van der Waals surface area contributed by atoms with E-state index in [2.05, 4.69) is 0 Å². The van der Waals surface area contributed by atoms with E-state index in [0.29, 0.717) is 23.3 Å². The number of rotatable bonds is 5. The highest BCUT2D eigenvalue weighted by atomic mass is 32.2. The van der Waals surface area contributed by atoms with Crippen LogP contribution in [0.5, 0.6) is 0 Å². The van der Waals surface area contributed by atoms with Crippen LogP contribution in [0.4, 0.5) is 0 Å². The molecule has 0 bridgehead atoms. The lowest BCUT2D eigenvalue weighted by molar-refractivity contribution is -0.109. The predicted molar refractivity (Wildman–Crippen MR) is 92.4 cm³/mol. The zero-order valence-electron chi connectivity index (χ0n) is 12.7. The van der Waals surface area contributed by atoms with Crippen molar-refractivity contribution < 1.29 is 19.4 Å². The average molecular weight is 330 g/mol. The van der Waals surface area contributed by atoms with Crippen LogP contribution in [0, 0.1) is 0 Å². The molecule has 0 aliphatic heterocycles. The molecule has 0 amide bonds. The van der Waals surface area contributed by atoms with Gasteiger partial charge in [-0.15, -0.1) is 0 Å². The fourth-order valence-corrected chi connectivity index (χ4v) is 3.34. The van der Waals surface area contributed by atoms with Gasteiger partial charge in [-0.1, -0.05) is 48.2 Å². The number of thioether (sulfide) groups is 1. The molecule has 5 heteroatoms. The van der Waals surface area contributed by atoms with Crippen molar-refractivity contribution in [1.82, 2.24) is 0 Å². The monoisotopic (exact) mass is 330 g/mol. The molecule has 0 saturated heterocycles. The molecule has 120 valence electrons. The number of benzene rings is 2. The summed E-state index contributed by atoms with van der Waals surface area (Å²) in [7, 11) is 0. The lowest BCUT2D eigenvalue weighted by Crippen LogP contribution is -2.19. The topological polar surface area (TPSA) is 70.7 Å². The molecule has 0 aliphatic carbocycles. The lowest BCUT2D eigenvalue weighted by Gasteiger charge is -2.18. The molecule has 4 nitrogen and oxygen atoms in total. The Morgan fingerprint density at radius 2 is 1.87 bits per heavy atom. The van der Waals surface area contributed by atoms with Crippen LogP contribution < -0.4 is 0 Å². The summed E-state index contributed by atoms with van der Waals surface area (Å²) >= 11 is 1.15. The fourth-order valence-electron chi connectivity index (χ4n) is 2.69. The zero-order valence-corrected chi connectivity index (χ0v) is 13.5. The molecule has 3 aromatic rings. The van der Waals surface area contributed by atoms with Crippen LogP contribution in [0.15, 0.2) is 46.9 Å². The number of carbonyl (C=O) groups excluding carboxylic acids is 1. The Balaban J connectivity index is 1.91. The van der Waals surface area contributed by atoms with Crippen molar-refractivity contribution in [2.45, 2.75) is 25.6 Å². The number of fused-ring (bicyclic) bond motifs is 3. The van der Waals surface area contributed by atoms with E-state index in [1.807, 2.05) is 36.4 Å². The van der Waals surface area contributed by atoms with Gasteiger partial charge in [0.2, 0.25) is 0 Å². The van der Waals surface area contributed by atoms with Gasteiger partial charge >= 0.3 is 0 Å². The molecule has 2 N–H and O–H groups in total. The first kappa shape index (κ1) is 16.1. The molecule has 0 radical (unpaired) electrons. The Morgan fingerprint density at radius 3 is 2.65 bits per heavy atom. The summed E-state index contributed by atoms with van der Waals surface area (Å²) in [6, 6.07) is 13.2. The smallest absolute Gasteiger partial charge is 0.185 e. The first-order chi connectivity index (χ1) is 11.1. The summed E-state index contributed by atoms with van der Waals surface area (Å²) in [6.45, 7) is 1.49. The minimum atomic E-state index is -1.05. The van der Waals surface area contributed by atoms with Crippen molar-refractivity contribution in [2.24, 2.45) is 0 Å². The van der Waals surface area contributed by atoms with E-state index in [9.17, 15) is 15.0 Å². The maximum atomic E-state index is 10.9. The largest absolute Gasteiger partial charge is 0.456 e. The van der Waals surface area contributed by atoms with Gasteiger partial charge in [-0.25, -0.2) is 0 Å². The molecule has 2 aromatic carbocycles. The van der Waals surface area contributed by atoms with E-state index >= 15 is 0 Å². The lowest BCUT2D eigenvalue weighted by atomic mass is 10.00. The standard InChI is InChI=1S/C18H18O4S/c1-11(19)23-10-9-15(20)17(21)14-7-4-6-13-12-5-2-3-8-16(12)22-18(13)14/h2-8,15,17,20-21H,9-10H2,1H3. The van der Waals surface area contributed by atoms with E-state index in [4.69, 9.17) is 4.42 Å². The van der Waals surface area contributed by atoms with Crippen LogP contribution in [0.25, 0.3) is 21.9 Å². The highest BCUT2D eigenvalue weighted by molar-refractivity contribution is 8.13. The summed E-state index contributed by atoms with van der Waals surface area (Å²) in [6.07, 6.45) is -1.66.